The Morgan fingerprint density at radius 2 is 2.25 bits per heavy atom. The molecule has 1 N–H and O–H groups in total. The number of aromatic carboxylic acids is 1. The van der Waals surface area contributed by atoms with Crippen LogP contribution in [0, 0.1) is 0 Å². The minimum Gasteiger partial charge on any atom is -0.476 e. The molecule has 9 heteroatoms. The van der Waals surface area contributed by atoms with Gasteiger partial charge in [-0.05, 0) is 12.1 Å². The van der Waals surface area contributed by atoms with Crippen LogP contribution in [0.25, 0.3) is 11.4 Å². The monoisotopic (exact) mass is 272 g/mol. The Labute approximate surface area is 111 Å². The number of aromatic nitrogens is 6. The van der Waals surface area contributed by atoms with E-state index < -0.39 is 5.97 Å². The predicted molar refractivity (Wildman–Crippen MR) is 63.6 cm³/mol. The smallest absolute Gasteiger partial charge is 0.358 e. The standard InChI is InChI=1S/C11H8N6O3/c18-11(19)9-10(7-3-1-2-4-12-7)17(16-14-9)5-8-13-6-20-15-8/h1-4,6H,5H2,(H,18,19). The van der Waals surface area contributed by atoms with Crippen LogP contribution in [0.5, 0.6) is 0 Å². The average Bonchev–Trinajstić information content (AvgIpc) is 3.09. The molecule has 0 aliphatic heterocycles. The molecule has 0 aromatic carbocycles. The zero-order valence-corrected chi connectivity index (χ0v) is 10.0. The van der Waals surface area contributed by atoms with Gasteiger partial charge in [-0.25, -0.2) is 9.48 Å². The summed E-state index contributed by atoms with van der Waals surface area (Å²) in [5.41, 5.74) is 0.577. The van der Waals surface area contributed by atoms with E-state index in [1.807, 2.05) is 0 Å². The van der Waals surface area contributed by atoms with Gasteiger partial charge >= 0.3 is 5.97 Å². The molecule has 3 heterocycles. The molecule has 0 unspecified atom stereocenters. The summed E-state index contributed by atoms with van der Waals surface area (Å²) in [4.78, 5) is 19.2. The molecule has 0 fully saturated rings. The minimum absolute atomic E-state index is 0.142. The Bertz CT molecular complexity index is 722. The summed E-state index contributed by atoms with van der Waals surface area (Å²) in [5.74, 6) is -0.811. The lowest BCUT2D eigenvalue weighted by Crippen LogP contribution is -2.07. The first kappa shape index (κ1) is 12.0. The van der Waals surface area contributed by atoms with Gasteiger partial charge in [-0.2, -0.15) is 4.98 Å². The van der Waals surface area contributed by atoms with Gasteiger partial charge in [0.15, 0.2) is 11.5 Å². The highest BCUT2D eigenvalue weighted by Gasteiger charge is 2.22. The topological polar surface area (TPSA) is 120 Å². The van der Waals surface area contributed by atoms with E-state index in [-0.39, 0.29) is 12.2 Å². The van der Waals surface area contributed by atoms with E-state index in [4.69, 9.17) is 0 Å². The van der Waals surface area contributed by atoms with Gasteiger partial charge in [-0.1, -0.05) is 16.4 Å². The van der Waals surface area contributed by atoms with Crippen LogP contribution in [0.2, 0.25) is 0 Å². The van der Waals surface area contributed by atoms with Crippen molar-refractivity contribution in [2.24, 2.45) is 0 Å². The summed E-state index contributed by atoms with van der Waals surface area (Å²) < 4.78 is 6.00. The molecule has 3 aromatic heterocycles. The zero-order valence-electron chi connectivity index (χ0n) is 10.0. The number of rotatable bonds is 4. The predicted octanol–water partition coefficient (Wildman–Crippen LogP) is 0.470. The second kappa shape index (κ2) is 4.88. The van der Waals surface area contributed by atoms with Crippen LogP contribution in [-0.2, 0) is 6.54 Å². The number of hydrogen-bond acceptors (Lipinski definition) is 7. The van der Waals surface area contributed by atoms with Gasteiger partial charge in [0.05, 0.1) is 5.69 Å². The first-order valence-corrected chi connectivity index (χ1v) is 5.59. The fraction of sp³-hybridized carbons (Fsp3) is 0.0909. The molecule has 0 radical (unpaired) electrons. The van der Waals surface area contributed by atoms with Crippen molar-refractivity contribution in [2.45, 2.75) is 6.54 Å². The Hall–Kier alpha value is -3.10. The normalized spacial score (nSPS) is 10.6. The quantitative estimate of drug-likeness (QED) is 0.727. The van der Waals surface area contributed by atoms with Gasteiger partial charge in [0.1, 0.15) is 12.2 Å². The molecule has 3 aromatic rings. The Morgan fingerprint density at radius 1 is 1.35 bits per heavy atom. The Balaban J connectivity index is 2.09. The molecule has 0 saturated carbocycles. The first-order chi connectivity index (χ1) is 9.75. The summed E-state index contributed by atoms with van der Waals surface area (Å²) in [7, 11) is 0. The molecule has 100 valence electrons. The van der Waals surface area contributed by atoms with Crippen LogP contribution in [0.15, 0.2) is 35.3 Å². The number of pyridine rings is 1. The van der Waals surface area contributed by atoms with Crippen LogP contribution in [0.4, 0.5) is 0 Å². The third-order valence-corrected chi connectivity index (χ3v) is 2.54. The summed E-state index contributed by atoms with van der Waals surface area (Å²) in [6.07, 6.45) is 2.75. The molecule has 0 aliphatic carbocycles. The van der Waals surface area contributed by atoms with E-state index in [2.05, 4.69) is 30.0 Å². The first-order valence-electron chi connectivity index (χ1n) is 5.59. The summed E-state index contributed by atoms with van der Waals surface area (Å²) in [6, 6.07) is 5.16. The van der Waals surface area contributed by atoms with E-state index in [1.54, 1.807) is 24.4 Å². The maximum Gasteiger partial charge on any atom is 0.358 e. The van der Waals surface area contributed by atoms with Gasteiger partial charge in [0.2, 0.25) is 6.39 Å². The molecule has 3 rings (SSSR count). The highest BCUT2D eigenvalue weighted by Crippen LogP contribution is 2.20. The molecule has 0 spiro atoms. The van der Waals surface area contributed by atoms with E-state index >= 15 is 0 Å². The number of nitrogens with zero attached hydrogens (tertiary/aromatic N) is 6. The minimum atomic E-state index is -1.18. The van der Waals surface area contributed by atoms with E-state index in [0.717, 1.165) is 0 Å². The molecule has 9 nitrogen and oxygen atoms in total. The van der Waals surface area contributed by atoms with E-state index in [9.17, 15) is 9.90 Å². The van der Waals surface area contributed by atoms with Crippen molar-refractivity contribution in [3.8, 4) is 11.4 Å². The number of hydrogen-bond donors (Lipinski definition) is 1. The second-order valence-electron chi connectivity index (χ2n) is 3.81. The van der Waals surface area contributed by atoms with Gasteiger partial charge in [-0.3, -0.25) is 4.98 Å². The largest absolute Gasteiger partial charge is 0.476 e. The maximum atomic E-state index is 11.2. The van der Waals surface area contributed by atoms with Crippen molar-refractivity contribution in [1.29, 1.82) is 0 Å². The van der Waals surface area contributed by atoms with Crippen LogP contribution >= 0.6 is 0 Å². The van der Waals surface area contributed by atoms with Crippen molar-refractivity contribution in [1.82, 2.24) is 30.1 Å². The van der Waals surface area contributed by atoms with Crippen molar-refractivity contribution in [3.63, 3.8) is 0 Å². The van der Waals surface area contributed by atoms with Crippen LogP contribution in [-0.4, -0.2) is 41.2 Å². The van der Waals surface area contributed by atoms with Crippen LogP contribution in [0.1, 0.15) is 16.3 Å². The lowest BCUT2D eigenvalue weighted by Gasteiger charge is -2.03. The molecule has 0 aliphatic rings. The van der Waals surface area contributed by atoms with Crippen LogP contribution < -0.4 is 0 Å². The highest BCUT2D eigenvalue weighted by atomic mass is 16.5. The zero-order chi connectivity index (χ0) is 13.9. The van der Waals surface area contributed by atoms with Gasteiger partial charge in [-0.15, -0.1) is 5.10 Å². The summed E-state index contributed by atoms with van der Waals surface area (Å²) in [5, 5.41) is 20.3. The van der Waals surface area contributed by atoms with Gasteiger partial charge < -0.3 is 9.63 Å². The summed E-state index contributed by atoms with van der Waals surface area (Å²) >= 11 is 0. The fourth-order valence-electron chi connectivity index (χ4n) is 1.72. The van der Waals surface area contributed by atoms with Crippen molar-refractivity contribution < 1.29 is 14.4 Å². The number of carboxylic acid groups (broad SMARTS) is 1. The fourth-order valence-corrected chi connectivity index (χ4v) is 1.72. The Morgan fingerprint density at radius 3 is 2.90 bits per heavy atom. The highest BCUT2D eigenvalue weighted by molar-refractivity contribution is 5.92. The third-order valence-electron chi connectivity index (χ3n) is 2.54. The number of carbonyl (C=O) groups is 1. The third kappa shape index (κ3) is 2.11. The van der Waals surface area contributed by atoms with Crippen molar-refractivity contribution in [2.75, 3.05) is 0 Å². The lowest BCUT2D eigenvalue weighted by atomic mass is 10.2. The molecule has 0 atom stereocenters. The second-order valence-corrected chi connectivity index (χ2v) is 3.81. The molecule has 0 saturated heterocycles. The molecule has 0 bridgehead atoms. The molecule has 20 heavy (non-hydrogen) atoms. The molecular formula is C11H8N6O3. The summed E-state index contributed by atoms with van der Waals surface area (Å²) in [6.45, 7) is 0.142. The molecule has 0 amide bonds. The van der Waals surface area contributed by atoms with E-state index in [1.165, 1.54) is 11.1 Å². The number of carboxylic acids is 1. The maximum absolute atomic E-state index is 11.2. The van der Waals surface area contributed by atoms with Crippen LogP contribution in [0.3, 0.4) is 0 Å². The Kier molecular flexibility index (Phi) is 2.92. The van der Waals surface area contributed by atoms with Crippen molar-refractivity contribution in [3.05, 3.63) is 42.3 Å². The SMILES string of the molecule is O=C(O)c1nnn(Cc2ncon2)c1-c1ccccn1. The van der Waals surface area contributed by atoms with Gasteiger partial charge in [0.25, 0.3) is 0 Å². The average molecular weight is 272 g/mol. The molecular weight excluding hydrogens is 264 g/mol. The lowest BCUT2D eigenvalue weighted by molar-refractivity contribution is 0.0691. The van der Waals surface area contributed by atoms with E-state index in [0.29, 0.717) is 17.2 Å². The van der Waals surface area contributed by atoms with Crippen molar-refractivity contribution >= 4 is 5.97 Å². The van der Waals surface area contributed by atoms with Gasteiger partial charge in [0, 0.05) is 6.20 Å².